The largest absolute Gasteiger partial charge is 0.486 e. The first-order valence-corrected chi connectivity index (χ1v) is 7.79. The first-order chi connectivity index (χ1) is 10.0. The molecular formula is C15H13Br2F2NO. The van der Waals surface area contributed by atoms with Gasteiger partial charge in [0.05, 0.1) is 8.95 Å². The highest BCUT2D eigenvalue weighted by Gasteiger charge is 2.11. The molecule has 2 aromatic rings. The quantitative estimate of drug-likeness (QED) is 0.750. The Labute approximate surface area is 138 Å². The van der Waals surface area contributed by atoms with Gasteiger partial charge in [-0.3, -0.25) is 0 Å². The Hall–Kier alpha value is -0.980. The Morgan fingerprint density at radius 1 is 1.10 bits per heavy atom. The van der Waals surface area contributed by atoms with Crippen molar-refractivity contribution in [3.63, 3.8) is 0 Å². The molecule has 2 nitrogen and oxygen atoms in total. The summed E-state index contributed by atoms with van der Waals surface area (Å²) in [5.74, 6) is -0.425. The predicted octanol–water partition coefficient (Wildman–Crippen LogP) is 4.79. The normalized spacial score (nSPS) is 10.7. The third kappa shape index (κ3) is 4.25. The maximum Gasteiger partial charge on any atom is 0.148 e. The highest BCUT2D eigenvalue weighted by molar-refractivity contribution is 9.11. The van der Waals surface area contributed by atoms with E-state index in [1.54, 1.807) is 0 Å². The zero-order valence-electron chi connectivity index (χ0n) is 11.2. The van der Waals surface area contributed by atoms with Crippen LogP contribution in [0.3, 0.4) is 0 Å². The lowest BCUT2D eigenvalue weighted by Gasteiger charge is -2.13. The molecule has 0 unspecified atom stereocenters. The maximum absolute atomic E-state index is 13.6. The SMILES string of the molecule is CNCc1cc(Br)c(OCc2cc(F)ccc2F)c(Br)c1. The van der Waals surface area contributed by atoms with Gasteiger partial charge < -0.3 is 10.1 Å². The van der Waals surface area contributed by atoms with E-state index in [1.807, 2.05) is 19.2 Å². The molecule has 0 aliphatic carbocycles. The molecule has 0 fully saturated rings. The molecule has 0 spiro atoms. The zero-order valence-corrected chi connectivity index (χ0v) is 14.4. The Morgan fingerprint density at radius 3 is 2.38 bits per heavy atom. The summed E-state index contributed by atoms with van der Waals surface area (Å²) in [5.41, 5.74) is 1.24. The van der Waals surface area contributed by atoms with E-state index in [2.05, 4.69) is 37.2 Å². The van der Waals surface area contributed by atoms with Crippen molar-refractivity contribution in [3.8, 4) is 5.75 Å². The van der Waals surface area contributed by atoms with Gasteiger partial charge in [-0.25, -0.2) is 8.78 Å². The molecule has 0 amide bonds. The Kier molecular flexibility index (Phi) is 5.72. The molecule has 0 aliphatic rings. The minimum Gasteiger partial charge on any atom is -0.486 e. The average Bonchev–Trinajstić information content (AvgIpc) is 2.42. The summed E-state index contributed by atoms with van der Waals surface area (Å²) in [5, 5.41) is 3.06. The predicted molar refractivity (Wildman–Crippen MR) is 85.3 cm³/mol. The molecule has 0 saturated carbocycles. The minimum absolute atomic E-state index is 0.0494. The number of benzene rings is 2. The second-order valence-corrected chi connectivity index (χ2v) is 6.15. The van der Waals surface area contributed by atoms with Crippen LogP contribution in [0.4, 0.5) is 8.78 Å². The summed E-state index contributed by atoms with van der Waals surface area (Å²) >= 11 is 6.85. The second-order valence-electron chi connectivity index (χ2n) is 4.44. The number of hydrogen-bond acceptors (Lipinski definition) is 2. The van der Waals surface area contributed by atoms with Crippen LogP contribution in [-0.4, -0.2) is 7.05 Å². The van der Waals surface area contributed by atoms with Crippen LogP contribution >= 0.6 is 31.9 Å². The fourth-order valence-corrected chi connectivity index (χ4v) is 3.37. The van der Waals surface area contributed by atoms with E-state index in [4.69, 9.17) is 4.74 Å². The van der Waals surface area contributed by atoms with Crippen molar-refractivity contribution in [2.45, 2.75) is 13.2 Å². The lowest BCUT2D eigenvalue weighted by Crippen LogP contribution is -2.06. The first-order valence-electron chi connectivity index (χ1n) is 6.20. The van der Waals surface area contributed by atoms with Gasteiger partial charge in [0.2, 0.25) is 0 Å². The first kappa shape index (κ1) is 16.4. The van der Waals surface area contributed by atoms with Gasteiger partial charge in [-0.15, -0.1) is 0 Å². The van der Waals surface area contributed by atoms with Gasteiger partial charge in [-0.2, -0.15) is 0 Å². The highest BCUT2D eigenvalue weighted by Crippen LogP contribution is 2.35. The standard InChI is InChI=1S/C15H13Br2F2NO/c1-20-7-9-4-12(16)15(13(17)5-9)21-8-10-6-11(18)2-3-14(10)19/h2-6,20H,7-8H2,1H3. The van der Waals surface area contributed by atoms with Gasteiger partial charge in [0.15, 0.2) is 0 Å². The topological polar surface area (TPSA) is 21.3 Å². The summed E-state index contributed by atoms with van der Waals surface area (Å²) < 4.78 is 33.8. The van der Waals surface area contributed by atoms with Gasteiger partial charge in [-0.05, 0) is 74.8 Å². The van der Waals surface area contributed by atoms with Gasteiger partial charge >= 0.3 is 0 Å². The van der Waals surface area contributed by atoms with Crippen molar-refractivity contribution in [2.24, 2.45) is 0 Å². The maximum atomic E-state index is 13.6. The molecule has 0 atom stereocenters. The fourth-order valence-electron chi connectivity index (χ4n) is 1.86. The van der Waals surface area contributed by atoms with Crippen molar-refractivity contribution >= 4 is 31.9 Å². The monoisotopic (exact) mass is 419 g/mol. The van der Waals surface area contributed by atoms with E-state index in [0.29, 0.717) is 5.75 Å². The van der Waals surface area contributed by atoms with Crippen molar-refractivity contribution in [1.29, 1.82) is 0 Å². The van der Waals surface area contributed by atoms with Crippen molar-refractivity contribution in [1.82, 2.24) is 5.32 Å². The Balaban J connectivity index is 2.18. The zero-order chi connectivity index (χ0) is 15.4. The molecule has 0 aliphatic heterocycles. The molecule has 0 radical (unpaired) electrons. The van der Waals surface area contributed by atoms with Gasteiger partial charge in [-0.1, -0.05) is 0 Å². The fraction of sp³-hybridized carbons (Fsp3) is 0.200. The van der Waals surface area contributed by atoms with E-state index >= 15 is 0 Å². The molecule has 6 heteroatoms. The molecule has 0 heterocycles. The number of ether oxygens (including phenoxy) is 1. The van der Waals surface area contributed by atoms with E-state index in [-0.39, 0.29) is 12.2 Å². The molecular weight excluding hydrogens is 408 g/mol. The highest BCUT2D eigenvalue weighted by atomic mass is 79.9. The molecule has 21 heavy (non-hydrogen) atoms. The second kappa shape index (κ2) is 7.33. The third-order valence-corrected chi connectivity index (χ3v) is 4.00. The van der Waals surface area contributed by atoms with Crippen LogP contribution in [0.2, 0.25) is 0 Å². The molecule has 0 saturated heterocycles. The summed E-state index contributed by atoms with van der Waals surface area (Å²) in [6.45, 7) is 0.669. The van der Waals surface area contributed by atoms with Crippen LogP contribution in [0.25, 0.3) is 0 Å². The van der Waals surface area contributed by atoms with Crippen LogP contribution in [0.15, 0.2) is 39.3 Å². The van der Waals surface area contributed by atoms with Crippen molar-refractivity contribution in [2.75, 3.05) is 7.05 Å². The summed E-state index contributed by atoms with van der Waals surface area (Å²) in [6, 6.07) is 7.13. The number of halogens is 4. The smallest absolute Gasteiger partial charge is 0.148 e. The van der Waals surface area contributed by atoms with Crippen LogP contribution in [0.1, 0.15) is 11.1 Å². The van der Waals surface area contributed by atoms with Crippen LogP contribution in [0, 0.1) is 11.6 Å². The van der Waals surface area contributed by atoms with Gasteiger partial charge in [0.25, 0.3) is 0 Å². The lowest BCUT2D eigenvalue weighted by molar-refractivity contribution is 0.295. The van der Waals surface area contributed by atoms with Crippen molar-refractivity contribution < 1.29 is 13.5 Å². The minimum atomic E-state index is -0.490. The van der Waals surface area contributed by atoms with E-state index in [0.717, 1.165) is 39.3 Å². The number of rotatable bonds is 5. The molecule has 2 aromatic carbocycles. The van der Waals surface area contributed by atoms with E-state index in [1.165, 1.54) is 0 Å². The Bertz CT molecular complexity index is 627. The number of nitrogens with one attached hydrogen (secondary N) is 1. The number of hydrogen-bond donors (Lipinski definition) is 1. The average molecular weight is 421 g/mol. The van der Waals surface area contributed by atoms with E-state index < -0.39 is 11.6 Å². The third-order valence-electron chi connectivity index (χ3n) is 2.82. The summed E-state index contributed by atoms with van der Waals surface area (Å²) in [4.78, 5) is 0. The summed E-state index contributed by atoms with van der Waals surface area (Å²) in [6.07, 6.45) is 0. The molecule has 2 rings (SSSR count). The molecule has 0 bridgehead atoms. The molecule has 0 aromatic heterocycles. The summed E-state index contributed by atoms with van der Waals surface area (Å²) in [7, 11) is 1.86. The van der Waals surface area contributed by atoms with Crippen molar-refractivity contribution in [3.05, 3.63) is 62.0 Å². The molecule has 1 N–H and O–H groups in total. The van der Waals surface area contributed by atoms with Gasteiger partial charge in [0, 0.05) is 12.1 Å². The van der Waals surface area contributed by atoms with Gasteiger partial charge in [0.1, 0.15) is 24.0 Å². The van der Waals surface area contributed by atoms with Crippen LogP contribution < -0.4 is 10.1 Å². The van der Waals surface area contributed by atoms with Crippen LogP contribution in [-0.2, 0) is 13.2 Å². The Morgan fingerprint density at radius 2 is 1.76 bits per heavy atom. The van der Waals surface area contributed by atoms with E-state index in [9.17, 15) is 8.78 Å². The molecule has 112 valence electrons. The lowest BCUT2D eigenvalue weighted by atomic mass is 10.2. The van der Waals surface area contributed by atoms with Crippen LogP contribution in [0.5, 0.6) is 5.75 Å².